The largest absolute Gasteiger partial charge is 0.329 e. The van der Waals surface area contributed by atoms with Gasteiger partial charge in [-0.25, -0.2) is 0 Å². The van der Waals surface area contributed by atoms with Crippen LogP contribution in [-0.2, 0) is 0 Å². The van der Waals surface area contributed by atoms with E-state index in [1.807, 2.05) is 0 Å². The second-order valence-corrected chi connectivity index (χ2v) is 5.19. The molecule has 2 atom stereocenters. The van der Waals surface area contributed by atoms with Gasteiger partial charge in [0.15, 0.2) is 0 Å². The van der Waals surface area contributed by atoms with Crippen LogP contribution in [0, 0.1) is 0 Å². The molecule has 0 aromatic rings. The third-order valence-corrected chi connectivity index (χ3v) is 3.86. The molecule has 1 saturated heterocycles. The number of rotatable bonds is 3. The average molecular weight is 197 g/mol. The van der Waals surface area contributed by atoms with Gasteiger partial charge in [-0.1, -0.05) is 0 Å². The van der Waals surface area contributed by atoms with Gasteiger partial charge in [-0.15, -0.1) is 0 Å². The molecule has 1 aliphatic heterocycles. The predicted molar refractivity (Wildman–Crippen MR) is 59.3 cm³/mol. The van der Waals surface area contributed by atoms with Crippen molar-refractivity contribution in [3.8, 4) is 0 Å². The van der Waals surface area contributed by atoms with Crippen LogP contribution in [0.4, 0.5) is 0 Å². The molecule has 82 valence electrons. The lowest BCUT2D eigenvalue weighted by molar-refractivity contribution is 0.110. The number of likely N-dealkylation sites (tertiary alicyclic amines) is 1. The highest BCUT2D eigenvalue weighted by Crippen LogP contribution is 2.30. The average Bonchev–Trinajstić information content (AvgIpc) is 2.96. The van der Waals surface area contributed by atoms with Crippen LogP contribution in [0.25, 0.3) is 0 Å². The first kappa shape index (κ1) is 10.4. The van der Waals surface area contributed by atoms with E-state index >= 15 is 0 Å². The Balaban J connectivity index is 1.96. The van der Waals surface area contributed by atoms with Gasteiger partial charge in [-0.05, 0) is 46.2 Å². The first-order valence-electron chi connectivity index (χ1n) is 5.83. The molecule has 3 heteroatoms. The molecule has 0 spiro atoms. The first-order chi connectivity index (χ1) is 6.65. The molecule has 1 heterocycles. The summed E-state index contributed by atoms with van der Waals surface area (Å²) in [6, 6.07) is 1.44. The first-order valence-corrected chi connectivity index (χ1v) is 5.83. The zero-order valence-corrected chi connectivity index (χ0v) is 9.42. The van der Waals surface area contributed by atoms with Crippen LogP contribution < -0.4 is 11.1 Å². The normalized spacial score (nSPS) is 40.1. The molecule has 2 rings (SSSR count). The van der Waals surface area contributed by atoms with E-state index in [4.69, 9.17) is 5.73 Å². The lowest BCUT2D eigenvalue weighted by Gasteiger charge is -2.44. The van der Waals surface area contributed by atoms with Crippen molar-refractivity contribution in [2.45, 2.75) is 50.2 Å². The van der Waals surface area contributed by atoms with Crippen LogP contribution in [0.2, 0.25) is 0 Å². The molecule has 2 fully saturated rings. The van der Waals surface area contributed by atoms with Crippen molar-refractivity contribution in [1.29, 1.82) is 0 Å². The highest BCUT2D eigenvalue weighted by molar-refractivity contribution is 5.01. The van der Waals surface area contributed by atoms with E-state index in [0.717, 1.165) is 12.6 Å². The number of nitrogens with zero attached hydrogens (tertiary/aromatic N) is 1. The highest BCUT2D eigenvalue weighted by Gasteiger charge is 2.39. The Hall–Kier alpha value is -0.120. The van der Waals surface area contributed by atoms with Crippen LogP contribution in [-0.4, -0.2) is 42.7 Å². The summed E-state index contributed by atoms with van der Waals surface area (Å²) in [5, 5.41) is 3.76. The molecular formula is C11H23N3. The smallest absolute Gasteiger partial charge is 0.0333 e. The molecule has 0 aromatic heterocycles. The number of nitrogens with two attached hydrogens (primary N) is 1. The van der Waals surface area contributed by atoms with Crippen LogP contribution in [0.15, 0.2) is 0 Å². The Labute approximate surface area is 87.0 Å². The molecule has 3 N–H and O–H groups in total. The van der Waals surface area contributed by atoms with Crippen LogP contribution >= 0.6 is 0 Å². The SMILES string of the molecule is CC1CC(CN)(NC2CC2)CCN1C. The van der Waals surface area contributed by atoms with Gasteiger partial charge in [0.25, 0.3) is 0 Å². The van der Waals surface area contributed by atoms with E-state index in [-0.39, 0.29) is 5.54 Å². The van der Waals surface area contributed by atoms with Gasteiger partial charge in [0.2, 0.25) is 0 Å². The van der Waals surface area contributed by atoms with Gasteiger partial charge in [0.1, 0.15) is 0 Å². The standard InChI is InChI=1S/C11H23N3/c1-9-7-11(8-12,5-6-14(9)2)13-10-3-4-10/h9-10,13H,3-8,12H2,1-2H3. The Morgan fingerprint density at radius 3 is 2.71 bits per heavy atom. The van der Waals surface area contributed by atoms with Gasteiger partial charge in [-0.2, -0.15) is 0 Å². The molecule has 0 aromatic carbocycles. The minimum Gasteiger partial charge on any atom is -0.329 e. The fraction of sp³-hybridized carbons (Fsp3) is 1.00. The minimum absolute atomic E-state index is 0.243. The van der Waals surface area contributed by atoms with E-state index in [1.165, 1.54) is 32.2 Å². The van der Waals surface area contributed by atoms with E-state index in [2.05, 4.69) is 24.2 Å². The summed E-state index contributed by atoms with van der Waals surface area (Å²) in [6.07, 6.45) is 5.12. The number of hydrogen-bond acceptors (Lipinski definition) is 3. The van der Waals surface area contributed by atoms with Crippen LogP contribution in [0.3, 0.4) is 0 Å². The fourth-order valence-electron chi connectivity index (χ4n) is 2.47. The lowest BCUT2D eigenvalue weighted by atomic mass is 9.83. The summed E-state index contributed by atoms with van der Waals surface area (Å²) in [7, 11) is 2.21. The molecule has 0 bridgehead atoms. The minimum atomic E-state index is 0.243. The van der Waals surface area contributed by atoms with E-state index in [1.54, 1.807) is 0 Å². The van der Waals surface area contributed by atoms with Gasteiger partial charge in [0.05, 0.1) is 0 Å². The van der Waals surface area contributed by atoms with Crippen molar-refractivity contribution in [2.24, 2.45) is 5.73 Å². The van der Waals surface area contributed by atoms with Crippen molar-refractivity contribution in [1.82, 2.24) is 10.2 Å². The van der Waals surface area contributed by atoms with Crippen LogP contribution in [0.5, 0.6) is 0 Å². The predicted octanol–water partition coefficient (Wildman–Crippen LogP) is 0.550. The Morgan fingerprint density at radius 2 is 2.21 bits per heavy atom. The second kappa shape index (κ2) is 3.80. The monoisotopic (exact) mass is 197 g/mol. The summed E-state index contributed by atoms with van der Waals surface area (Å²) in [5.74, 6) is 0. The third-order valence-electron chi connectivity index (χ3n) is 3.86. The summed E-state index contributed by atoms with van der Waals surface area (Å²) in [6.45, 7) is 4.28. The Bertz CT molecular complexity index is 203. The molecule has 0 amide bonds. The zero-order chi connectivity index (χ0) is 10.2. The van der Waals surface area contributed by atoms with E-state index < -0.39 is 0 Å². The maximum atomic E-state index is 5.94. The summed E-state index contributed by atoms with van der Waals surface area (Å²) >= 11 is 0. The van der Waals surface area contributed by atoms with Gasteiger partial charge in [-0.3, -0.25) is 0 Å². The van der Waals surface area contributed by atoms with Gasteiger partial charge >= 0.3 is 0 Å². The third kappa shape index (κ3) is 2.10. The van der Waals surface area contributed by atoms with Gasteiger partial charge < -0.3 is 16.0 Å². The molecule has 0 radical (unpaired) electrons. The van der Waals surface area contributed by atoms with E-state index in [9.17, 15) is 0 Å². The summed E-state index contributed by atoms with van der Waals surface area (Å²) < 4.78 is 0. The van der Waals surface area contributed by atoms with Crippen LogP contribution in [0.1, 0.15) is 32.6 Å². The molecule has 3 nitrogen and oxygen atoms in total. The number of nitrogens with one attached hydrogen (secondary N) is 1. The summed E-state index contributed by atoms with van der Waals surface area (Å²) in [4.78, 5) is 2.43. The number of hydrogen-bond donors (Lipinski definition) is 2. The molecule has 2 aliphatic rings. The van der Waals surface area contributed by atoms with Crippen molar-refractivity contribution < 1.29 is 0 Å². The quantitative estimate of drug-likeness (QED) is 0.694. The molecular weight excluding hydrogens is 174 g/mol. The molecule has 2 unspecified atom stereocenters. The lowest BCUT2D eigenvalue weighted by Crippen LogP contribution is -2.60. The van der Waals surface area contributed by atoms with Gasteiger partial charge in [0, 0.05) is 24.2 Å². The van der Waals surface area contributed by atoms with Crippen molar-refractivity contribution >= 4 is 0 Å². The topological polar surface area (TPSA) is 41.3 Å². The molecule has 1 saturated carbocycles. The second-order valence-electron chi connectivity index (χ2n) is 5.19. The van der Waals surface area contributed by atoms with Crippen molar-refractivity contribution in [3.63, 3.8) is 0 Å². The molecule has 14 heavy (non-hydrogen) atoms. The highest BCUT2D eigenvalue weighted by atomic mass is 15.2. The maximum absolute atomic E-state index is 5.94. The zero-order valence-electron chi connectivity index (χ0n) is 9.42. The Morgan fingerprint density at radius 1 is 1.50 bits per heavy atom. The van der Waals surface area contributed by atoms with E-state index in [0.29, 0.717) is 6.04 Å². The number of piperidine rings is 1. The Kier molecular flexibility index (Phi) is 2.82. The molecule has 1 aliphatic carbocycles. The van der Waals surface area contributed by atoms with Crippen molar-refractivity contribution in [2.75, 3.05) is 20.1 Å². The maximum Gasteiger partial charge on any atom is 0.0333 e. The fourth-order valence-corrected chi connectivity index (χ4v) is 2.47. The summed E-state index contributed by atoms with van der Waals surface area (Å²) in [5.41, 5.74) is 6.18. The van der Waals surface area contributed by atoms with Crippen molar-refractivity contribution in [3.05, 3.63) is 0 Å².